The molecule has 0 aromatic rings. The van der Waals surface area contributed by atoms with E-state index in [1.165, 1.54) is 19.3 Å². The van der Waals surface area contributed by atoms with Crippen LogP contribution in [-0.4, -0.2) is 24.9 Å². The zero-order chi connectivity index (χ0) is 10.8. The summed E-state index contributed by atoms with van der Waals surface area (Å²) in [5.74, 6) is 0.235. The Morgan fingerprint density at radius 1 is 1.29 bits per heavy atom. The van der Waals surface area contributed by atoms with Crippen LogP contribution >= 0.6 is 0 Å². The van der Waals surface area contributed by atoms with Gasteiger partial charge in [-0.25, -0.2) is 0 Å². The lowest BCUT2D eigenvalue weighted by Crippen LogP contribution is -2.07. The van der Waals surface area contributed by atoms with Crippen LogP contribution in [0, 0.1) is 5.92 Å². The van der Waals surface area contributed by atoms with Gasteiger partial charge in [-0.05, 0) is 12.3 Å². The second-order valence-electron chi connectivity index (χ2n) is 3.81. The predicted octanol–water partition coefficient (Wildman–Crippen LogP) is 2.77. The first-order chi connectivity index (χ1) is 6.74. The van der Waals surface area contributed by atoms with Crippen molar-refractivity contribution < 1.29 is 9.84 Å². The zero-order valence-corrected chi connectivity index (χ0v) is 9.70. The molecule has 1 N–H and O–H groups in total. The minimum absolute atomic E-state index is 0.210. The van der Waals surface area contributed by atoms with Crippen molar-refractivity contribution in [1.29, 1.82) is 0 Å². The number of methoxy groups -OCH3 is 1. The number of rotatable bonds is 8. The van der Waals surface area contributed by atoms with E-state index in [1.54, 1.807) is 7.11 Å². The van der Waals surface area contributed by atoms with Crippen molar-refractivity contribution in [3.63, 3.8) is 0 Å². The Morgan fingerprint density at radius 3 is 2.50 bits per heavy atom. The first kappa shape index (κ1) is 13.7. The molecule has 0 aliphatic carbocycles. The van der Waals surface area contributed by atoms with Gasteiger partial charge in [-0.3, -0.25) is 0 Å². The maximum Gasteiger partial charge on any atom is 0.0752 e. The van der Waals surface area contributed by atoms with Crippen LogP contribution in [-0.2, 0) is 4.74 Å². The summed E-state index contributed by atoms with van der Waals surface area (Å²) >= 11 is 0. The SMILES string of the molecule is CCCCCC(/C=C/C(C)CO)OC. The number of aliphatic hydroxyl groups excluding tert-OH is 1. The topological polar surface area (TPSA) is 29.5 Å². The van der Waals surface area contributed by atoms with E-state index in [0.29, 0.717) is 0 Å². The third kappa shape index (κ3) is 7.10. The van der Waals surface area contributed by atoms with E-state index in [-0.39, 0.29) is 18.6 Å². The summed E-state index contributed by atoms with van der Waals surface area (Å²) in [4.78, 5) is 0. The molecule has 0 bridgehead atoms. The first-order valence-electron chi connectivity index (χ1n) is 5.56. The fourth-order valence-corrected chi connectivity index (χ4v) is 1.26. The second-order valence-corrected chi connectivity index (χ2v) is 3.81. The fourth-order valence-electron chi connectivity index (χ4n) is 1.26. The Morgan fingerprint density at radius 2 is 2.00 bits per heavy atom. The van der Waals surface area contributed by atoms with Crippen LogP contribution in [0.15, 0.2) is 12.2 Å². The van der Waals surface area contributed by atoms with Gasteiger partial charge in [-0.2, -0.15) is 0 Å². The number of unbranched alkanes of at least 4 members (excludes halogenated alkanes) is 2. The normalized spacial score (nSPS) is 16.0. The molecule has 2 heteroatoms. The quantitative estimate of drug-likeness (QED) is 0.482. The highest BCUT2D eigenvalue weighted by molar-refractivity contribution is 4.92. The van der Waals surface area contributed by atoms with Gasteiger partial charge in [0.1, 0.15) is 0 Å². The Bertz CT molecular complexity index is 143. The number of aliphatic hydroxyl groups is 1. The van der Waals surface area contributed by atoms with Crippen molar-refractivity contribution in [1.82, 2.24) is 0 Å². The summed E-state index contributed by atoms with van der Waals surface area (Å²) in [6, 6.07) is 0. The summed E-state index contributed by atoms with van der Waals surface area (Å²) in [6.45, 7) is 4.41. The fraction of sp³-hybridized carbons (Fsp3) is 0.833. The van der Waals surface area contributed by atoms with Crippen molar-refractivity contribution in [2.75, 3.05) is 13.7 Å². The van der Waals surface area contributed by atoms with Crippen molar-refractivity contribution in [3.8, 4) is 0 Å². The molecule has 0 aliphatic heterocycles. The van der Waals surface area contributed by atoms with E-state index in [0.717, 1.165) is 6.42 Å². The molecule has 0 rings (SSSR count). The Balaban J connectivity index is 3.71. The summed E-state index contributed by atoms with van der Waals surface area (Å²) in [5.41, 5.74) is 0. The first-order valence-corrected chi connectivity index (χ1v) is 5.56. The predicted molar refractivity (Wildman–Crippen MR) is 60.3 cm³/mol. The molecule has 0 saturated heterocycles. The summed E-state index contributed by atoms with van der Waals surface area (Å²) in [7, 11) is 1.74. The van der Waals surface area contributed by atoms with Gasteiger partial charge in [-0.15, -0.1) is 0 Å². The second kappa shape index (κ2) is 9.22. The zero-order valence-electron chi connectivity index (χ0n) is 9.70. The van der Waals surface area contributed by atoms with Gasteiger partial charge in [0.05, 0.1) is 6.10 Å². The van der Waals surface area contributed by atoms with Crippen molar-refractivity contribution in [2.24, 2.45) is 5.92 Å². The van der Waals surface area contributed by atoms with E-state index >= 15 is 0 Å². The third-order valence-corrected chi connectivity index (χ3v) is 2.34. The molecule has 0 fully saturated rings. The molecule has 0 aliphatic rings. The smallest absolute Gasteiger partial charge is 0.0752 e. The van der Waals surface area contributed by atoms with Crippen molar-refractivity contribution >= 4 is 0 Å². The molecule has 84 valence electrons. The summed E-state index contributed by atoms with van der Waals surface area (Å²) in [6.07, 6.45) is 9.12. The van der Waals surface area contributed by atoms with Crippen LogP contribution in [0.25, 0.3) is 0 Å². The molecule has 0 aromatic heterocycles. The summed E-state index contributed by atoms with van der Waals surface area (Å²) in [5, 5.41) is 8.84. The van der Waals surface area contributed by atoms with Gasteiger partial charge < -0.3 is 9.84 Å². The number of hydrogen-bond acceptors (Lipinski definition) is 2. The molecule has 0 saturated carbocycles. The minimum atomic E-state index is 0.210. The Kier molecular flexibility index (Phi) is 9.00. The van der Waals surface area contributed by atoms with Gasteiger partial charge in [0.15, 0.2) is 0 Å². The molecular weight excluding hydrogens is 176 g/mol. The molecule has 0 amide bonds. The van der Waals surface area contributed by atoms with Gasteiger partial charge in [0.2, 0.25) is 0 Å². The lowest BCUT2D eigenvalue weighted by atomic mass is 10.1. The van der Waals surface area contributed by atoms with Crippen LogP contribution in [0.5, 0.6) is 0 Å². The molecule has 14 heavy (non-hydrogen) atoms. The minimum Gasteiger partial charge on any atom is -0.396 e. The monoisotopic (exact) mass is 200 g/mol. The largest absolute Gasteiger partial charge is 0.396 e. The Hall–Kier alpha value is -0.340. The number of hydrogen-bond donors (Lipinski definition) is 1. The van der Waals surface area contributed by atoms with E-state index in [9.17, 15) is 0 Å². The maximum atomic E-state index is 8.84. The number of ether oxygens (including phenoxy) is 1. The molecule has 0 radical (unpaired) electrons. The van der Waals surface area contributed by atoms with Crippen LogP contribution in [0.4, 0.5) is 0 Å². The molecule has 0 spiro atoms. The highest BCUT2D eigenvalue weighted by Crippen LogP contribution is 2.08. The molecule has 2 nitrogen and oxygen atoms in total. The van der Waals surface area contributed by atoms with Crippen LogP contribution in [0.2, 0.25) is 0 Å². The van der Waals surface area contributed by atoms with Gasteiger partial charge >= 0.3 is 0 Å². The summed E-state index contributed by atoms with van der Waals surface area (Å²) < 4.78 is 5.32. The molecule has 2 unspecified atom stereocenters. The van der Waals surface area contributed by atoms with E-state index < -0.39 is 0 Å². The molecule has 2 atom stereocenters. The van der Waals surface area contributed by atoms with E-state index in [2.05, 4.69) is 13.0 Å². The average molecular weight is 200 g/mol. The van der Waals surface area contributed by atoms with Gasteiger partial charge in [0, 0.05) is 13.7 Å². The van der Waals surface area contributed by atoms with Crippen LogP contribution < -0.4 is 0 Å². The molecule has 0 aromatic carbocycles. The van der Waals surface area contributed by atoms with Crippen LogP contribution in [0.1, 0.15) is 39.5 Å². The lowest BCUT2D eigenvalue weighted by molar-refractivity contribution is 0.130. The van der Waals surface area contributed by atoms with Gasteiger partial charge in [0.25, 0.3) is 0 Å². The molecule has 0 heterocycles. The maximum absolute atomic E-state index is 8.84. The van der Waals surface area contributed by atoms with Gasteiger partial charge in [-0.1, -0.05) is 45.3 Å². The van der Waals surface area contributed by atoms with Crippen LogP contribution in [0.3, 0.4) is 0 Å². The highest BCUT2D eigenvalue weighted by Gasteiger charge is 2.02. The highest BCUT2D eigenvalue weighted by atomic mass is 16.5. The van der Waals surface area contributed by atoms with E-state index in [4.69, 9.17) is 9.84 Å². The lowest BCUT2D eigenvalue weighted by Gasteiger charge is -2.11. The van der Waals surface area contributed by atoms with Crippen molar-refractivity contribution in [3.05, 3.63) is 12.2 Å². The third-order valence-electron chi connectivity index (χ3n) is 2.34. The standard InChI is InChI=1S/C12H24O2/c1-4-5-6-7-12(14-3)9-8-11(2)10-13/h8-9,11-13H,4-7,10H2,1-3H3/b9-8+. The van der Waals surface area contributed by atoms with Crippen molar-refractivity contribution in [2.45, 2.75) is 45.6 Å². The average Bonchev–Trinajstić information content (AvgIpc) is 2.22. The Labute approximate surface area is 88.0 Å². The molecular formula is C12H24O2. The van der Waals surface area contributed by atoms with E-state index in [1.807, 2.05) is 13.0 Å².